The highest BCUT2D eigenvalue weighted by atomic mass is 35.5. The molecule has 1 aliphatic heterocycles. The maximum Gasteiger partial charge on any atom is 0.315 e. The molecule has 0 fully saturated rings. The minimum Gasteiger partial charge on any atom is -0.493 e. The number of ketones is 1. The van der Waals surface area contributed by atoms with Crippen molar-refractivity contribution in [3.8, 4) is 11.5 Å². The molecule has 2 aromatic rings. The Morgan fingerprint density at radius 1 is 1.06 bits per heavy atom. The number of benzene rings is 2. The fraction of sp³-hybridized carbons (Fsp3) is 0.370. The Morgan fingerprint density at radius 2 is 1.82 bits per heavy atom. The molecule has 0 radical (unpaired) electrons. The Labute approximate surface area is 204 Å². The summed E-state index contributed by atoms with van der Waals surface area (Å²) < 4.78 is 16.2. The van der Waals surface area contributed by atoms with Gasteiger partial charge in [0.15, 0.2) is 17.3 Å². The van der Waals surface area contributed by atoms with E-state index in [1.807, 2.05) is 43.3 Å². The Kier molecular flexibility index (Phi) is 7.08. The molecule has 3 atom stereocenters. The Hall–Kier alpha value is -3.12. The number of rotatable bonds is 6. The van der Waals surface area contributed by atoms with E-state index in [0.29, 0.717) is 40.6 Å². The smallest absolute Gasteiger partial charge is 0.315 e. The highest BCUT2D eigenvalue weighted by Crippen LogP contribution is 2.47. The number of allylic oxidation sites excluding steroid dienone is 2. The molecule has 178 valence electrons. The predicted octanol–water partition coefficient (Wildman–Crippen LogP) is 5.50. The van der Waals surface area contributed by atoms with Crippen LogP contribution in [0.3, 0.4) is 0 Å². The first-order chi connectivity index (χ1) is 16.4. The molecule has 4 rings (SSSR count). The molecule has 2 aliphatic rings. The van der Waals surface area contributed by atoms with E-state index < -0.39 is 11.8 Å². The van der Waals surface area contributed by atoms with Gasteiger partial charge >= 0.3 is 5.97 Å². The van der Waals surface area contributed by atoms with Gasteiger partial charge < -0.3 is 14.2 Å². The summed E-state index contributed by atoms with van der Waals surface area (Å²) in [6.45, 7) is 3.85. The van der Waals surface area contributed by atoms with Crippen molar-refractivity contribution in [2.45, 2.75) is 38.5 Å². The first-order valence-electron chi connectivity index (χ1n) is 11.3. The van der Waals surface area contributed by atoms with E-state index in [1.165, 1.54) is 0 Å². The van der Waals surface area contributed by atoms with Crippen LogP contribution in [0.1, 0.15) is 49.7 Å². The van der Waals surface area contributed by atoms with Crippen LogP contribution in [0.5, 0.6) is 11.5 Å². The van der Waals surface area contributed by atoms with Crippen LogP contribution in [0.2, 0.25) is 5.02 Å². The third kappa shape index (κ3) is 4.47. The van der Waals surface area contributed by atoms with Crippen LogP contribution in [0.4, 0.5) is 0 Å². The van der Waals surface area contributed by atoms with E-state index in [9.17, 15) is 9.59 Å². The molecule has 0 N–H and O–H groups in total. The maximum atomic E-state index is 13.6. The highest BCUT2D eigenvalue weighted by molar-refractivity contribution is 6.30. The zero-order valence-corrected chi connectivity index (χ0v) is 20.5. The molecule has 34 heavy (non-hydrogen) atoms. The fourth-order valence-electron chi connectivity index (χ4n) is 5.00. The van der Waals surface area contributed by atoms with E-state index in [0.717, 1.165) is 16.8 Å². The van der Waals surface area contributed by atoms with E-state index >= 15 is 0 Å². The SMILES string of the molecule is CCOC(=O)C1C(C)=NC2=C(C(=O)CC(c3ccc(OC)c(OC)c3)C2)C1c1cccc(Cl)c1. The molecular formula is C27H28ClNO5. The van der Waals surface area contributed by atoms with Crippen molar-refractivity contribution in [3.63, 3.8) is 0 Å². The number of aliphatic imine (C=N–C) groups is 1. The summed E-state index contributed by atoms with van der Waals surface area (Å²) in [4.78, 5) is 31.4. The van der Waals surface area contributed by atoms with Gasteiger partial charge in [0.05, 0.1) is 20.8 Å². The van der Waals surface area contributed by atoms with Crippen LogP contribution in [0.15, 0.2) is 58.7 Å². The molecule has 7 heteroatoms. The lowest BCUT2D eigenvalue weighted by molar-refractivity contribution is -0.146. The summed E-state index contributed by atoms with van der Waals surface area (Å²) in [5.74, 6) is -0.343. The van der Waals surface area contributed by atoms with Gasteiger partial charge in [0.25, 0.3) is 0 Å². The van der Waals surface area contributed by atoms with Crippen molar-refractivity contribution < 1.29 is 23.8 Å². The first-order valence-corrected chi connectivity index (χ1v) is 11.7. The first kappa shape index (κ1) is 24.0. The van der Waals surface area contributed by atoms with Crippen molar-refractivity contribution in [2.24, 2.45) is 10.9 Å². The molecule has 0 spiro atoms. The van der Waals surface area contributed by atoms with Crippen molar-refractivity contribution >= 4 is 29.1 Å². The minimum atomic E-state index is -0.668. The Balaban J connectivity index is 1.78. The minimum absolute atomic E-state index is 0.0171. The van der Waals surface area contributed by atoms with E-state index in [2.05, 4.69) is 0 Å². The molecule has 2 aromatic carbocycles. The normalized spacial score (nSPS) is 22.1. The summed E-state index contributed by atoms with van der Waals surface area (Å²) in [6.07, 6.45) is 0.899. The van der Waals surface area contributed by atoms with Gasteiger partial charge in [0.2, 0.25) is 0 Å². The molecule has 0 bridgehead atoms. The number of hydrogen-bond acceptors (Lipinski definition) is 6. The lowest BCUT2D eigenvalue weighted by Crippen LogP contribution is -2.38. The van der Waals surface area contributed by atoms with Gasteiger partial charge in [-0.25, -0.2) is 0 Å². The zero-order valence-electron chi connectivity index (χ0n) is 19.8. The summed E-state index contributed by atoms with van der Waals surface area (Å²) in [7, 11) is 3.18. The number of nitrogens with zero attached hydrogens (tertiary/aromatic N) is 1. The van der Waals surface area contributed by atoms with Crippen LogP contribution in [-0.4, -0.2) is 38.3 Å². The molecule has 1 aliphatic carbocycles. The number of hydrogen-bond donors (Lipinski definition) is 0. The van der Waals surface area contributed by atoms with E-state index in [-0.39, 0.29) is 24.3 Å². The number of carbonyl (C=O) groups is 2. The molecule has 3 unspecified atom stereocenters. The number of halogens is 1. The lowest BCUT2D eigenvalue weighted by Gasteiger charge is -2.36. The van der Waals surface area contributed by atoms with Crippen LogP contribution in [-0.2, 0) is 14.3 Å². The predicted molar refractivity (Wildman–Crippen MR) is 131 cm³/mol. The zero-order chi connectivity index (χ0) is 24.4. The third-order valence-electron chi connectivity index (χ3n) is 6.52. The Bertz CT molecular complexity index is 1190. The number of carbonyl (C=O) groups excluding carboxylic acids is 2. The number of esters is 1. The summed E-state index contributed by atoms with van der Waals surface area (Å²) >= 11 is 6.29. The molecule has 1 heterocycles. The number of methoxy groups -OCH3 is 2. The van der Waals surface area contributed by atoms with Gasteiger partial charge in [-0.3, -0.25) is 14.6 Å². The third-order valence-corrected chi connectivity index (χ3v) is 6.75. The van der Waals surface area contributed by atoms with Crippen LogP contribution >= 0.6 is 11.6 Å². The highest BCUT2D eigenvalue weighted by Gasteiger charge is 2.44. The van der Waals surface area contributed by atoms with Gasteiger partial charge in [-0.15, -0.1) is 0 Å². The topological polar surface area (TPSA) is 74.2 Å². The molecule has 6 nitrogen and oxygen atoms in total. The van der Waals surface area contributed by atoms with E-state index in [4.69, 9.17) is 30.8 Å². The number of ether oxygens (including phenoxy) is 3. The molecular weight excluding hydrogens is 454 g/mol. The quantitative estimate of drug-likeness (QED) is 0.509. The molecule has 0 saturated heterocycles. The van der Waals surface area contributed by atoms with Crippen LogP contribution < -0.4 is 9.47 Å². The monoisotopic (exact) mass is 481 g/mol. The van der Waals surface area contributed by atoms with Gasteiger partial charge in [0, 0.05) is 34.3 Å². The molecule has 0 amide bonds. The lowest BCUT2D eigenvalue weighted by atomic mass is 9.69. The van der Waals surface area contributed by atoms with Gasteiger partial charge in [0.1, 0.15) is 5.92 Å². The second-order valence-corrected chi connectivity index (χ2v) is 8.96. The van der Waals surface area contributed by atoms with Gasteiger partial charge in [-0.2, -0.15) is 0 Å². The van der Waals surface area contributed by atoms with Crippen LogP contribution in [0.25, 0.3) is 0 Å². The van der Waals surface area contributed by atoms with Crippen molar-refractivity contribution in [2.75, 3.05) is 20.8 Å². The van der Waals surface area contributed by atoms with Gasteiger partial charge in [-0.05, 0) is 61.6 Å². The van der Waals surface area contributed by atoms with Crippen molar-refractivity contribution in [1.82, 2.24) is 0 Å². The fourth-order valence-corrected chi connectivity index (χ4v) is 5.20. The molecule has 0 aromatic heterocycles. The average Bonchev–Trinajstić information content (AvgIpc) is 2.82. The maximum absolute atomic E-state index is 13.6. The van der Waals surface area contributed by atoms with E-state index in [1.54, 1.807) is 27.2 Å². The standard InChI is InChI=1S/C27H28ClNO5/c1-5-34-27(31)24-15(2)29-20-12-18(16-9-10-22(32-3)23(14-16)33-4)13-21(30)26(20)25(24)17-7-6-8-19(28)11-17/h6-11,14,18,24-25H,5,12-13H2,1-4H3. The Morgan fingerprint density at radius 3 is 2.50 bits per heavy atom. The number of Topliss-reactive ketones (excluding diaryl/α,β-unsaturated/α-hetero) is 1. The largest absolute Gasteiger partial charge is 0.493 e. The summed E-state index contributed by atoms with van der Waals surface area (Å²) in [6, 6.07) is 13.1. The summed E-state index contributed by atoms with van der Waals surface area (Å²) in [5, 5.41) is 0.550. The second kappa shape index (κ2) is 10.0. The average molecular weight is 482 g/mol. The van der Waals surface area contributed by atoms with Crippen molar-refractivity contribution in [3.05, 3.63) is 69.9 Å². The van der Waals surface area contributed by atoms with Crippen LogP contribution in [0, 0.1) is 5.92 Å². The molecule has 0 saturated carbocycles. The van der Waals surface area contributed by atoms with Crippen molar-refractivity contribution in [1.29, 1.82) is 0 Å². The second-order valence-electron chi connectivity index (χ2n) is 8.52. The summed E-state index contributed by atoms with van der Waals surface area (Å²) in [5.41, 5.74) is 3.74. The van der Waals surface area contributed by atoms with Gasteiger partial charge in [-0.1, -0.05) is 29.8 Å².